The zero-order chi connectivity index (χ0) is 25.4. The second kappa shape index (κ2) is 8.84. The van der Waals surface area contributed by atoms with Crippen molar-refractivity contribution in [2.45, 2.75) is 37.5 Å². The lowest BCUT2D eigenvalue weighted by atomic mass is 9.75. The molecule has 4 amide bonds. The number of carbonyl (C=O) groups excluding carboxylic acids is 3. The van der Waals surface area contributed by atoms with Crippen molar-refractivity contribution in [3.63, 3.8) is 0 Å². The molecule has 9 nitrogen and oxygen atoms in total. The van der Waals surface area contributed by atoms with E-state index in [1.807, 2.05) is 0 Å². The summed E-state index contributed by atoms with van der Waals surface area (Å²) in [7, 11) is 0. The van der Waals surface area contributed by atoms with Crippen molar-refractivity contribution in [2.75, 3.05) is 4.90 Å². The number of carbonyl (C=O) groups is 3. The number of nitriles is 1. The fourth-order valence-corrected chi connectivity index (χ4v) is 4.16. The number of pyridine rings is 1. The molecule has 0 radical (unpaired) electrons. The summed E-state index contributed by atoms with van der Waals surface area (Å²) in [6.07, 6.45) is 0.0528. The molecule has 1 aliphatic carbocycles. The lowest BCUT2D eigenvalue weighted by molar-refractivity contribution is -0.138. The molecule has 1 saturated carbocycles. The summed E-state index contributed by atoms with van der Waals surface area (Å²) in [6, 6.07) is 7.93. The van der Waals surface area contributed by atoms with Crippen LogP contribution in [0.5, 0.6) is 0 Å². The third kappa shape index (κ3) is 4.22. The zero-order valence-corrected chi connectivity index (χ0v) is 18.0. The van der Waals surface area contributed by atoms with Crippen molar-refractivity contribution in [1.82, 2.24) is 15.4 Å². The Balaban J connectivity index is 1.63. The highest BCUT2D eigenvalue weighted by atomic mass is 19.4. The summed E-state index contributed by atoms with van der Waals surface area (Å²) >= 11 is 0. The Morgan fingerprint density at radius 1 is 1.26 bits per heavy atom. The normalized spacial score (nSPS) is 17.1. The molecule has 1 saturated heterocycles. The molecule has 1 spiro atoms. The molecule has 1 aromatic carbocycles. The van der Waals surface area contributed by atoms with Crippen LogP contribution in [0.1, 0.15) is 41.6 Å². The Kier molecular flexibility index (Phi) is 6.04. The highest BCUT2D eigenvalue weighted by Crippen LogP contribution is 2.46. The molecule has 2 aliphatic rings. The number of halogens is 3. The van der Waals surface area contributed by atoms with E-state index in [1.54, 1.807) is 24.3 Å². The van der Waals surface area contributed by atoms with Crippen LogP contribution in [0.3, 0.4) is 0 Å². The van der Waals surface area contributed by atoms with E-state index in [4.69, 9.17) is 10.5 Å². The van der Waals surface area contributed by atoms with Gasteiger partial charge >= 0.3 is 12.2 Å². The highest BCUT2D eigenvalue weighted by Gasteiger charge is 2.60. The van der Waals surface area contributed by atoms with Crippen molar-refractivity contribution in [2.24, 2.45) is 0 Å². The largest absolute Gasteiger partial charge is 0.419 e. The van der Waals surface area contributed by atoms with Crippen LogP contribution < -0.4 is 10.4 Å². The van der Waals surface area contributed by atoms with Gasteiger partial charge in [0.1, 0.15) is 11.6 Å². The Bertz CT molecular complexity index is 1260. The number of nitrogens with zero attached hydrogens (tertiary/aromatic N) is 4. The maximum atomic E-state index is 13.4. The SMILES string of the molecule is N#Cc1ncc(N2C(=O)N(Cc3ccc(/C=C/C(=O)NO)cc3)C3(CCC3)C2=O)cc1C(F)(F)F. The Hall–Kier alpha value is -4.24. The Morgan fingerprint density at radius 2 is 1.94 bits per heavy atom. The summed E-state index contributed by atoms with van der Waals surface area (Å²) in [4.78, 5) is 43.3. The zero-order valence-electron chi connectivity index (χ0n) is 18.0. The fraction of sp³-hybridized carbons (Fsp3) is 0.261. The van der Waals surface area contributed by atoms with Crippen LogP contribution in [0.15, 0.2) is 42.6 Å². The van der Waals surface area contributed by atoms with E-state index in [1.165, 1.54) is 22.5 Å². The Morgan fingerprint density at radius 3 is 2.49 bits per heavy atom. The molecule has 0 atom stereocenters. The molecule has 1 aromatic heterocycles. The van der Waals surface area contributed by atoms with Gasteiger partial charge in [-0.25, -0.2) is 20.2 Å². The first-order valence-corrected chi connectivity index (χ1v) is 10.5. The first-order valence-electron chi connectivity index (χ1n) is 10.5. The number of amides is 4. The van der Waals surface area contributed by atoms with E-state index >= 15 is 0 Å². The second-order valence-electron chi connectivity index (χ2n) is 8.14. The molecule has 0 unspecified atom stereocenters. The molecule has 12 heteroatoms. The van der Waals surface area contributed by atoms with Crippen molar-refractivity contribution >= 4 is 29.6 Å². The van der Waals surface area contributed by atoms with Crippen molar-refractivity contribution in [3.05, 3.63) is 65.0 Å². The van der Waals surface area contributed by atoms with Gasteiger partial charge in [0.25, 0.3) is 11.8 Å². The second-order valence-corrected chi connectivity index (χ2v) is 8.14. The minimum atomic E-state index is -4.89. The fourth-order valence-electron chi connectivity index (χ4n) is 4.16. The van der Waals surface area contributed by atoms with Crippen LogP contribution in [-0.2, 0) is 22.3 Å². The minimum Gasteiger partial charge on any atom is -0.305 e. The summed E-state index contributed by atoms with van der Waals surface area (Å²) in [5.41, 5.74) is -0.885. The van der Waals surface area contributed by atoms with Crippen LogP contribution >= 0.6 is 0 Å². The van der Waals surface area contributed by atoms with E-state index in [0.29, 0.717) is 41.4 Å². The average Bonchev–Trinajstić information content (AvgIpc) is 3.03. The summed E-state index contributed by atoms with van der Waals surface area (Å²) in [5, 5.41) is 17.5. The van der Waals surface area contributed by atoms with Crippen molar-refractivity contribution in [3.8, 4) is 6.07 Å². The molecule has 4 rings (SSSR count). The molecule has 0 bridgehead atoms. The van der Waals surface area contributed by atoms with Gasteiger partial charge in [0.2, 0.25) is 0 Å². The molecular weight excluding hydrogens is 467 g/mol. The number of hydrogen-bond acceptors (Lipinski definition) is 6. The Labute approximate surface area is 197 Å². The predicted molar refractivity (Wildman–Crippen MR) is 114 cm³/mol. The third-order valence-corrected chi connectivity index (χ3v) is 6.12. The van der Waals surface area contributed by atoms with Gasteiger partial charge in [-0.1, -0.05) is 24.3 Å². The molecule has 2 fully saturated rings. The lowest BCUT2D eigenvalue weighted by Crippen LogP contribution is -2.54. The molecule has 2 N–H and O–H groups in total. The van der Waals surface area contributed by atoms with E-state index in [9.17, 15) is 27.6 Å². The number of benzene rings is 1. The molecule has 1 aliphatic heterocycles. The molecule has 2 aromatic rings. The first-order chi connectivity index (χ1) is 16.6. The van der Waals surface area contributed by atoms with E-state index in [2.05, 4.69) is 4.98 Å². The summed E-state index contributed by atoms with van der Waals surface area (Å²) < 4.78 is 40.2. The molecule has 2 heterocycles. The number of alkyl halides is 3. The monoisotopic (exact) mass is 485 g/mol. The van der Waals surface area contributed by atoms with Crippen LogP contribution in [0, 0.1) is 11.3 Å². The number of anilines is 1. The quantitative estimate of drug-likeness (QED) is 0.289. The van der Waals surface area contributed by atoms with Gasteiger partial charge in [-0.15, -0.1) is 0 Å². The van der Waals surface area contributed by atoms with E-state index in [-0.39, 0.29) is 12.2 Å². The number of urea groups is 1. The number of hydroxylamine groups is 1. The number of nitrogens with one attached hydrogen (secondary N) is 1. The highest BCUT2D eigenvalue weighted by molar-refractivity contribution is 6.23. The first kappa shape index (κ1) is 23.9. The van der Waals surface area contributed by atoms with Crippen molar-refractivity contribution < 1.29 is 32.8 Å². The number of hydrogen-bond donors (Lipinski definition) is 2. The van der Waals surface area contributed by atoms with E-state index in [0.717, 1.165) is 12.3 Å². The van der Waals surface area contributed by atoms with Crippen LogP contribution in [0.25, 0.3) is 6.08 Å². The smallest absolute Gasteiger partial charge is 0.305 e. The molecular formula is C23H18F3N5O4. The predicted octanol–water partition coefficient (Wildman–Crippen LogP) is 3.38. The standard InChI is InChI=1S/C23H18F3N5O4/c24-23(25,26)17-10-16(12-28-18(17)11-27)31-20(33)22(8-1-9-22)30(21(31)34)13-15-4-2-14(3-5-15)6-7-19(32)29-35/h2-7,10,12,35H,1,8-9,13H2,(H,29,32)/b7-6+. The molecule has 35 heavy (non-hydrogen) atoms. The van der Waals surface area contributed by atoms with Crippen LogP contribution in [0.2, 0.25) is 0 Å². The van der Waals surface area contributed by atoms with Crippen LogP contribution in [-0.4, -0.2) is 38.5 Å². The van der Waals surface area contributed by atoms with Gasteiger partial charge in [-0.2, -0.15) is 18.4 Å². The van der Waals surface area contributed by atoms with Gasteiger partial charge in [-0.05, 0) is 42.5 Å². The maximum absolute atomic E-state index is 13.4. The number of aromatic nitrogens is 1. The average molecular weight is 485 g/mol. The topological polar surface area (TPSA) is 127 Å². The van der Waals surface area contributed by atoms with Gasteiger partial charge in [0, 0.05) is 12.6 Å². The number of rotatable bonds is 5. The third-order valence-electron chi connectivity index (χ3n) is 6.12. The minimum absolute atomic E-state index is 0.0397. The van der Waals surface area contributed by atoms with Gasteiger partial charge in [0.15, 0.2) is 5.69 Å². The van der Waals surface area contributed by atoms with Crippen molar-refractivity contribution in [1.29, 1.82) is 5.26 Å². The summed E-state index contributed by atoms with van der Waals surface area (Å²) in [6.45, 7) is 0.0397. The van der Waals surface area contributed by atoms with Gasteiger partial charge in [-0.3, -0.25) is 14.8 Å². The van der Waals surface area contributed by atoms with E-state index < -0.39 is 40.8 Å². The van der Waals surface area contributed by atoms with Gasteiger partial charge < -0.3 is 4.90 Å². The molecule has 180 valence electrons. The summed E-state index contributed by atoms with van der Waals surface area (Å²) in [5.74, 6) is -1.32. The number of imide groups is 1. The maximum Gasteiger partial charge on any atom is 0.419 e. The van der Waals surface area contributed by atoms with Gasteiger partial charge in [0.05, 0.1) is 17.4 Å². The van der Waals surface area contributed by atoms with Crippen LogP contribution in [0.4, 0.5) is 23.7 Å². The lowest BCUT2D eigenvalue weighted by Gasteiger charge is -2.42.